The second kappa shape index (κ2) is 5.39. The Balaban J connectivity index is 1.56. The van der Waals surface area contributed by atoms with E-state index in [9.17, 15) is 8.42 Å². The lowest BCUT2D eigenvalue weighted by Gasteiger charge is -2.17. The SMILES string of the molecule is Cn1cc(-c2nc(CN3c4cccc5cccc(c45)S3(=O)=O)cs2)cn1. The average molecular weight is 382 g/mol. The van der Waals surface area contributed by atoms with E-state index in [1.165, 1.54) is 15.6 Å². The standard InChI is InChI=1S/C18H14N4O2S2/c1-21-9-13(8-19-21)18-20-14(11-25-18)10-22-15-6-2-4-12-5-3-7-16(17(12)15)26(22,23)24/h2-9,11H,10H2,1H3. The molecule has 0 amide bonds. The zero-order valence-corrected chi connectivity index (χ0v) is 15.5. The third-order valence-corrected chi connectivity index (χ3v) is 7.23. The highest BCUT2D eigenvalue weighted by Crippen LogP contribution is 2.42. The van der Waals surface area contributed by atoms with Crippen molar-refractivity contribution in [1.82, 2.24) is 14.8 Å². The van der Waals surface area contributed by atoms with Gasteiger partial charge in [-0.2, -0.15) is 5.10 Å². The molecule has 1 aliphatic rings. The van der Waals surface area contributed by atoms with Gasteiger partial charge in [0.25, 0.3) is 10.0 Å². The number of anilines is 1. The summed E-state index contributed by atoms with van der Waals surface area (Å²) >= 11 is 1.49. The third kappa shape index (κ3) is 2.19. The Bertz CT molecular complexity index is 1250. The number of sulfonamides is 1. The van der Waals surface area contributed by atoms with Crippen molar-refractivity contribution in [2.75, 3.05) is 4.31 Å². The Morgan fingerprint density at radius 3 is 2.73 bits per heavy atom. The van der Waals surface area contributed by atoms with E-state index in [1.807, 2.05) is 42.9 Å². The first-order chi connectivity index (χ1) is 12.5. The molecule has 5 rings (SSSR count). The van der Waals surface area contributed by atoms with Gasteiger partial charge in [0.05, 0.1) is 29.0 Å². The summed E-state index contributed by atoms with van der Waals surface area (Å²) in [5, 5.41) is 8.62. The highest BCUT2D eigenvalue weighted by Gasteiger charge is 2.35. The maximum Gasteiger partial charge on any atom is 0.265 e. The number of thiazole rings is 1. The van der Waals surface area contributed by atoms with Crippen molar-refractivity contribution in [2.45, 2.75) is 11.4 Å². The first-order valence-electron chi connectivity index (χ1n) is 8.02. The molecule has 0 aliphatic carbocycles. The van der Waals surface area contributed by atoms with Gasteiger partial charge >= 0.3 is 0 Å². The van der Waals surface area contributed by atoms with Crippen LogP contribution in [-0.4, -0.2) is 23.2 Å². The fraction of sp³-hybridized carbons (Fsp3) is 0.111. The van der Waals surface area contributed by atoms with Crippen molar-refractivity contribution in [3.05, 3.63) is 59.9 Å². The molecule has 8 heteroatoms. The largest absolute Gasteiger partial charge is 0.275 e. The number of hydrogen-bond acceptors (Lipinski definition) is 5. The fourth-order valence-corrected chi connectivity index (χ4v) is 5.79. The van der Waals surface area contributed by atoms with Crippen molar-refractivity contribution < 1.29 is 8.42 Å². The molecule has 4 aromatic rings. The zero-order valence-electron chi connectivity index (χ0n) is 13.8. The van der Waals surface area contributed by atoms with E-state index >= 15 is 0 Å². The van der Waals surface area contributed by atoms with Crippen molar-refractivity contribution in [3.63, 3.8) is 0 Å². The number of aromatic nitrogens is 3. The lowest BCUT2D eigenvalue weighted by molar-refractivity contribution is 0.593. The van der Waals surface area contributed by atoms with Crippen LogP contribution in [0.3, 0.4) is 0 Å². The van der Waals surface area contributed by atoms with Crippen LogP contribution in [0.2, 0.25) is 0 Å². The molecule has 1 aliphatic heterocycles. The molecular weight excluding hydrogens is 368 g/mol. The summed E-state index contributed by atoms with van der Waals surface area (Å²) in [5.74, 6) is 0. The second-order valence-corrected chi connectivity index (χ2v) is 8.88. The Morgan fingerprint density at radius 1 is 1.15 bits per heavy atom. The second-order valence-electron chi connectivity index (χ2n) is 6.19. The van der Waals surface area contributed by atoms with Crippen molar-refractivity contribution >= 4 is 37.8 Å². The average Bonchev–Trinajstić information content (AvgIpc) is 3.31. The van der Waals surface area contributed by atoms with Crippen LogP contribution in [0.1, 0.15) is 5.69 Å². The Hall–Kier alpha value is -2.71. The Labute approximate surface area is 154 Å². The molecule has 0 saturated heterocycles. The molecule has 0 spiro atoms. The minimum absolute atomic E-state index is 0.215. The lowest BCUT2D eigenvalue weighted by atomic mass is 10.1. The first kappa shape index (κ1) is 15.5. The van der Waals surface area contributed by atoms with Crippen LogP contribution in [-0.2, 0) is 23.6 Å². The molecule has 0 saturated carbocycles. The van der Waals surface area contributed by atoms with Gasteiger partial charge in [0.2, 0.25) is 0 Å². The maximum absolute atomic E-state index is 13.0. The predicted molar refractivity (Wildman–Crippen MR) is 102 cm³/mol. The molecular formula is C18H14N4O2S2. The van der Waals surface area contributed by atoms with Crippen LogP contribution in [0, 0.1) is 0 Å². The van der Waals surface area contributed by atoms with Crippen LogP contribution < -0.4 is 4.31 Å². The van der Waals surface area contributed by atoms with Crippen molar-refractivity contribution in [2.24, 2.45) is 7.05 Å². The fourth-order valence-electron chi connectivity index (χ4n) is 3.32. The van der Waals surface area contributed by atoms with Crippen LogP contribution in [0.25, 0.3) is 21.3 Å². The summed E-state index contributed by atoms with van der Waals surface area (Å²) in [5.41, 5.74) is 2.37. The van der Waals surface area contributed by atoms with Gasteiger partial charge in [-0.1, -0.05) is 24.3 Å². The Kier molecular flexibility index (Phi) is 3.22. The van der Waals surface area contributed by atoms with Gasteiger partial charge in [-0.15, -0.1) is 11.3 Å². The predicted octanol–water partition coefficient (Wildman–Crippen LogP) is 3.41. The summed E-state index contributed by atoms with van der Waals surface area (Å²) in [6, 6.07) is 11.1. The van der Waals surface area contributed by atoms with Gasteiger partial charge in [-0.25, -0.2) is 13.4 Å². The number of aryl methyl sites for hydroxylation is 1. The van der Waals surface area contributed by atoms with Crippen molar-refractivity contribution in [1.29, 1.82) is 0 Å². The molecule has 0 unspecified atom stereocenters. The monoisotopic (exact) mass is 382 g/mol. The summed E-state index contributed by atoms with van der Waals surface area (Å²) in [4.78, 5) is 4.98. The normalized spacial score (nSPS) is 15.0. The molecule has 0 N–H and O–H groups in total. The van der Waals surface area contributed by atoms with Gasteiger partial charge in [-0.05, 0) is 17.5 Å². The molecule has 2 aromatic heterocycles. The minimum Gasteiger partial charge on any atom is -0.275 e. The van der Waals surface area contributed by atoms with Crippen LogP contribution in [0.15, 0.2) is 59.1 Å². The number of benzene rings is 2. The van der Waals surface area contributed by atoms with Gasteiger partial charge in [-0.3, -0.25) is 8.99 Å². The van der Waals surface area contributed by atoms with Gasteiger partial charge in [0.15, 0.2) is 0 Å². The quantitative estimate of drug-likeness (QED) is 0.545. The minimum atomic E-state index is -3.57. The highest BCUT2D eigenvalue weighted by atomic mass is 32.2. The molecule has 0 fully saturated rings. The summed E-state index contributed by atoms with van der Waals surface area (Å²) < 4.78 is 29.2. The topological polar surface area (TPSA) is 68.1 Å². The van der Waals surface area contributed by atoms with Crippen molar-refractivity contribution in [3.8, 4) is 10.6 Å². The lowest BCUT2D eigenvalue weighted by Crippen LogP contribution is -2.26. The van der Waals surface area contributed by atoms with Crippen LogP contribution >= 0.6 is 11.3 Å². The van der Waals surface area contributed by atoms with E-state index in [2.05, 4.69) is 10.1 Å². The maximum atomic E-state index is 13.0. The summed E-state index contributed by atoms with van der Waals surface area (Å²) in [6.45, 7) is 0.215. The molecule has 6 nitrogen and oxygen atoms in total. The summed E-state index contributed by atoms with van der Waals surface area (Å²) in [7, 11) is -1.71. The molecule has 0 bridgehead atoms. The van der Waals surface area contributed by atoms with Gasteiger partial charge < -0.3 is 0 Å². The molecule has 26 heavy (non-hydrogen) atoms. The third-order valence-electron chi connectivity index (χ3n) is 4.49. The number of rotatable bonds is 3. The zero-order chi connectivity index (χ0) is 17.9. The van der Waals surface area contributed by atoms with E-state index in [0.29, 0.717) is 10.6 Å². The molecule has 2 aromatic carbocycles. The number of hydrogen-bond donors (Lipinski definition) is 0. The smallest absolute Gasteiger partial charge is 0.265 e. The summed E-state index contributed by atoms with van der Waals surface area (Å²) in [6.07, 6.45) is 3.65. The molecule has 0 radical (unpaired) electrons. The number of nitrogens with zero attached hydrogens (tertiary/aromatic N) is 4. The molecule has 3 heterocycles. The van der Waals surface area contributed by atoms with E-state index < -0.39 is 10.0 Å². The van der Waals surface area contributed by atoms with E-state index in [0.717, 1.165) is 27.0 Å². The van der Waals surface area contributed by atoms with Gasteiger partial charge in [0, 0.05) is 29.6 Å². The van der Waals surface area contributed by atoms with Gasteiger partial charge in [0.1, 0.15) is 5.01 Å². The van der Waals surface area contributed by atoms with E-state index in [4.69, 9.17) is 0 Å². The Morgan fingerprint density at radius 2 is 1.96 bits per heavy atom. The van der Waals surface area contributed by atoms with Crippen LogP contribution in [0.4, 0.5) is 5.69 Å². The molecule has 0 atom stereocenters. The van der Waals surface area contributed by atoms with Crippen LogP contribution in [0.5, 0.6) is 0 Å². The van der Waals surface area contributed by atoms with E-state index in [-0.39, 0.29) is 6.54 Å². The highest BCUT2D eigenvalue weighted by molar-refractivity contribution is 7.93. The first-order valence-corrected chi connectivity index (χ1v) is 10.3. The molecule has 130 valence electrons. The van der Waals surface area contributed by atoms with E-state index in [1.54, 1.807) is 23.0 Å².